The van der Waals surface area contributed by atoms with Crippen LogP contribution in [0.5, 0.6) is 0 Å². The minimum atomic E-state index is -0.257. The fraction of sp³-hybridized carbons (Fsp3) is 0.429. The van der Waals surface area contributed by atoms with Crippen molar-refractivity contribution < 1.29 is 9.59 Å². The Morgan fingerprint density at radius 3 is 2.67 bits per heavy atom. The SMILES string of the molecule is CCc1ccccc1CNC1CCC(=O)NC1=O. The molecule has 0 aromatic heterocycles. The quantitative estimate of drug-likeness (QED) is 0.783. The van der Waals surface area contributed by atoms with Crippen LogP contribution in [0.4, 0.5) is 0 Å². The normalized spacial score (nSPS) is 19.7. The van der Waals surface area contributed by atoms with Gasteiger partial charge in [0.1, 0.15) is 0 Å². The molecule has 18 heavy (non-hydrogen) atoms. The van der Waals surface area contributed by atoms with Crippen molar-refractivity contribution in [2.45, 2.75) is 38.8 Å². The van der Waals surface area contributed by atoms with Crippen LogP contribution in [0.1, 0.15) is 30.9 Å². The Bertz CT molecular complexity index is 457. The maximum atomic E-state index is 11.6. The van der Waals surface area contributed by atoms with E-state index < -0.39 is 0 Å². The fourth-order valence-corrected chi connectivity index (χ4v) is 2.20. The number of piperidine rings is 1. The highest BCUT2D eigenvalue weighted by molar-refractivity contribution is 6.00. The minimum Gasteiger partial charge on any atom is -0.302 e. The first-order valence-electron chi connectivity index (χ1n) is 6.34. The maximum Gasteiger partial charge on any atom is 0.243 e. The molecular formula is C14H18N2O2. The Kier molecular flexibility index (Phi) is 4.10. The van der Waals surface area contributed by atoms with E-state index in [1.165, 1.54) is 11.1 Å². The monoisotopic (exact) mass is 246 g/mol. The minimum absolute atomic E-state index is 0.174. The molecule has 1 atom stereocenters. The third-order valence-electron chi connectivity index (χ3n) is 3.28. The number of carbonyl (C=O) groups is 2. The lowest BCUT2D eigenvalue weighted by Gasteiger charge is -2.22. The zero-order chi connectivity index (χ0) is 13.0. The van der Waals surface area contributed by atoms with Crippen molar-refractivity contribution in [1.29, 1.82) is 0 Å². The van der Waals surface area contributed by atoms with Gasteiger partial charge in [-0.2, -0.15) is 0 Å². The van der Waals surface area contributed by atoms with Crippen LogP contribution in [0.3, 0.4) is 0 Å². The Morgan fingerprint density at radius 1 is 1.28 bits per heavy atom. The largest absolute Gasteiger partial charge is 0.302 e. The van der Waals surface area contributed by atoms with Crippen LogP contribution >= 0.6 is 0 Å². The highest BCUT2D eigenvalue weighted by Crippen LogP contribution is 2.11. The van der Waals surface area contributed by atoms with Gasteiger partial charge in [0.25, 0.3) is 0 Å². The summed E-state index contributed by atoms with van der Waals surface area (Å²) in [5.41, 5.74) is 2.50. The van der Waals surface area contributed by atoms with Gasteiger partial charge in [0.15, 0.2) is 0 Å². The second-order valence-electron chi connectivity index (χ2n) is 4.51. The van der Waals surface area contributed by atoms with Gasteiger partial charge < -0.3 is 5.32 Å². The van der Waals surface area contributed by atoms with Gasteiger partial charge in [-0.25, -0.2) is 0 Å². The highest BCUT2D eigenvalue weighted by Gasteiger charge is 2.25. The Balaban J connectivity index is 1.95. The second kappa shape index (κ2) is 5.78. The van der Waals surface area contributed by atoms with E-state index in [0.717, 1.165) is 6.42 Å². The highest BCUT2D eigenvalue weighted by atomic mass is 16.2. The van der Waals surface area contributed by atoms with E-state index in [0.29, 0.717) is 19.4 Å². The number of nitrogens with one attached hydrogen (secondary N) is 2. The smallest absolute Gasteiger partial charge is 0.243 e. The molecule has 1 aliphatic rings. The predicted molar refractivity (Wildman–Crippen MR) is 68.8 cm³/mol. The van der Waals surface area contributed by atoms with Crippen LogP contribution in [0.2, 0.25) is 0 Å². The topological polar surface area (TPSA) is 58.2 Å². The molecule has 2 amide bonds. The van der Waals surface area contributed by atoms with Crippen molar-refractivity contribution in [3.63, 3.8) is 0 Å². The molecule has 2 rings (SSSR count). The van der Waals surface area contributed by atoms with Crippen LogP contribution in [0.25, 0.3) is 0 Å². The molecule has 1 fully saturated rings. The van der Waals surface area contributed by atoms with Crippen molar-refractivity contribution in [2.75, 3.05) is 0 Å². The van der Waals surface area contributed by atoms with Crippen molar-refractivity contribution >= 4 is 11.8 Å². The fourth-order valence-electron chi connectivity index (χ4n) is 2.20. The second-order valence-corrected chi connectivity index (χ2v) is 4.51. The number of hydrogen-bond acceptors (Lipinski definition) is 3. The first kappa shape index (κ1) is 12.8. The number of rotatable bonds is 4. The lowest BCUT2D eigenvalue weighted by atomic mass is 10.0. The van der Waals surface area contributed by atoms with Gasteiger partial charge in [-0.3, -0.25) is 14.9 Å². The molecule has 1 saturated heterocycles. The van der Waals surface area contributed by atoms with Gasteiger partial charge in [-0.05, 0) is 24.0 Å². The molecular weight excluding hydrogens is 228 g/mol. The number of carbonyl (C=O) groups excluding carboxylic acids is 2. The van der Waals surface area contributed by atoms with Gasteiger partial charge in [0, 0.05) is 13.0 Å². The van der Waals surface area contributed by atoms with Crippen LogP contribution in [-0.4, -0.2) is 17.9 Å². The van der Waals surface area contributed by atoms with Crippen LogP contribution < -0.4 is 10.6 Å². The summed E-state index contributed by atoms with van der Waals surface area (Å²) >= 11 is 0. The van der Waals surface area contributed by atoms with Crippen LogP contribution in [0, 0.1) is 0 Å². The van der Waals surface area contributed by atoms with Crippen molar-refractivity contribution in [3.8, 4) is 0 Å². The molecule has 1 aliphatic heterocycles. The predicted octanol–water partition coefficient (Wildman–Crippen LogP) is 1.14. The maximum absolute atomic E-state index is 11.6. The summed E-state index contributed by atoms with van der Waals surface area (Å²) in [5.74, 6) is -0.382. The van der Waals surface area contributed by atoms with Gasteiger partial charge in [-0.1, -0.05) is 31.2 Å². The number of imide groups is 1. The molecule has 2 N–H and O–H groups in total. The summed E-state index contributed by atoms with van der Waals surface area (Å²) in [4.78, 5) is 22.6. The molecule has 4 heteroatoms. The summed E-state index contributed by atoms with van der Waals surface area (Å²) in [5, 5.41) is 5.57. The molecule has 0 bridgehead atoms. The lowest BCUT2D eigenvalue weighted by molar-refractivity contribution is -0.134. The van der Waals surface area contributed by atoms with Gasteiger partial charge in [0.05, 0.1) is 6.04 Å². The Morgan fingerprint density at radius 2 is 2.00 bits per heavy atom. The molecule has 0 saturated carbocycles. The van der Waals surface area contributed by atoms with Gasteiger partial charge >= 0.3 is 0 Å². The third-order valence-corrected chi connectivity index (χ3v) is 3.28. The van der Waals surface area contributed by atoms with Gasteiger partial charge in [-0.15, -0.1) is 0 Å². The molecule has 1 unspecified atom stereocenters. The molecule has 0 aliphatic carbocycles. The summed E-state index contributed by atoms with van der Waals surface area (Å²) in [6, 6.07) is 7.93. The van der Waals surface area contributed by atoms with Crippen LogP contribution in [-0.2, 0) is 22.6 Å². The van der Waals surface area contributed by atoms with E-state index in [4.69, 9.17) is 0 Å². The summed E-state index contributed by atoms with van der Waals surface area (Å²) in [6.45, 7) is 2.78. The molecule has 4 nitrogen and oxygen atoms in total. The van der Waals surface area contributed by atoms with E-state index in [1.807, 2.05) is 12.1 Å². The molecule has 0 spiro atoms. The summed E-state index contributed by atoms with van der Waals surface area (Å²) < 4.78 is 0. The average molecular weight is 246 g/mol. The zero-order valence-electron chi connectivity index (χ0n) is 10.5. The first-order chi connectivity index (χ1) is 8.70. The average Bonchev–Trinajstić information content (AvgIpc) is 2.38. The Hall–Kier alpha value is -1.68. The van der Waals surface area contributed by atoms with E-state index in [1.54, 1.807) is 0 Å². The van der Waals surface area contributed by atoms with E-state index in [2.05, 4.69) is 29.7 Å². The van der Waals surface area contributed by atoms with E-state index in [-0.39, 0.29) is 17.9 Å². The van der Waals surface area contributed by atoms with Crippen molar-refractivity contribution in [2.24, 2.45) is 0 Å². The Labute approximate surface area is 107 Å². The molecule has 96 valence electrons. The van der Waals surface area contributed by atoms with E-state index in [9.17, 15) is 9.59 Å². The third kappa shape index (κ3) is 2.96. The summed E-state index contributed by atoms with van der Waals surface area (Å²) in [6.07, 6.45) is 1.98. The standard InChI is InChI=1S/C14H18N2O2/c1-2-10-5-3-4-6-11(10)9-15-12-7-8-13(17)16-14(12)18/h3-6,12,15H,2,7-9H2,1H3,(H,16,17,18). The molecule has 1 heterocycles. The first-order valence-corrected chi connectivity index (χ1v) is 6.34. The van der Waals surface area contributed by atoms with Crippen LogP contribution in [0.15, 0.2) is 24.3 Å². The van der Waals surface area contributed by atoms with Crippen molar-refractivity contribution in [1.82, 2.24) is 10.6 Å². The number of benzene rings is 1. The van der Waals surface area contributed by atoms with E-state index >= 15 is 0 Å². The number of aryl methyl sites for hydroxylation is 1. The molecule has 1 aromatic carbocycles. The molecule has 0 radical (unpaired) electrons. The number of hydrogen-bond donors (Lipinski definition) is 2. The number of amides is 2. The van der Waals surface area contributed by atoms with Crippen molar-refractivity contribution in [3.05, 3.63) is 35.4 Å². The zero-order valence-corrected chi connectivity index (χ0v) is 10.5. The lowest BCUT2D eigenvalue weighted by Crippen LogP contribution is -2.50. The molecule has 1 aromatic rings. The van der Waals surface area contributed by atoms with Gasteiger partial charge in [0.2, 0.25) is 11.8 Å². The summed E-state index contributed by atoms with van der Waals surface area (Å²) in [7, 11) is 0.